The second kappa shape index (κ2) is 9.09. The van der Waals surface area contributed by atoms with Crippen LogP contribution in [0.15, 0.2) is 54.6 Å². The largest absolute Gasteiger partial charge is 0.480 e. The van der Waals surface area contributed by atoms with Gasteiger partial charge in [-0.2, -0.15) is 0 Å². The van der Waals surface area contributed by atoms with Gasteiger partial charge in [-0.1, -0.05) is 36.4 Å². The lowest BCUT2D eigenvalue weighted by molar-refractivity contribution is -0.385. The molecule has 27 heavy (non-hydrogen) atoms. The summed E-state index contributed by atoms with van der Waals surface area (Å²) in [6.07, 6.45) is -0.259. The number of carboxylic acids is 1. The van der Waals surface area contributed by atoms with Crippen molar-refractivity contribution in [2.75, 3.05) is 6.54 Å². The van der Waals surface area contributed by atoms with Gasteiger partial charge in [-0.25, -0.2) is 4.79 Å². The summed E-state index contributed by atoms with van der Waals surface area (Å²) < 4.78 is 0. The minimum Gasteiger partial charge on any atom is -0.480 e. The number of nitro groups is 1. The van der Waals surface area contributed by atoms with E-state index < -0.39 is 35.3 Å². The Labute approximate surface area is 154 Å². The third-order valence-electron chi connectivity index (χ3n) is 3.69. The molecule has 9 heteroatoms. The lowest BCUT2D eigenvalue weighted by Gasteiger charge is -2.15. The molecule has 0 aliphatic heterocycles. The number of nitrogens with zero attached hydrogens (tertiary/aromatic N) is 1. The molecule has 0 heterocycles. The molecule has 2 aromatic carbocycles. The van der Waals surface area contributed by atoms with E-state index in [0.29, 0.717) is 5.56 Å². The molecule has 2 rings (SSSR count). The normalized spacial score (nSPS) is 11.3. The summed E-state index contributed by atoms with van der Waals surface area (Å²) in [5, 5.41) is 25.0. The van der Waals surface area contributed by atoms with Crippen LogP contribution in [0.5, 0.6) is 0 Å². The number of hydrogen-bond acceptors (Lipinski definition) is 5. The van der Waals surface area contributed by atoms with Crippen LogP contribution < -0.4 is 10.6 Å². The smallest absolute Gasteiger partial charge is 0.326 e. The van der Waals surface area contributed by atoms with Crippen LogP contribution in [0.4, 0.5) is 5.69 Å². The molecule has 9 nitrogen and oxygen atoms in total. The van der Waals surface area contributed by atoms with Crippen LogP contribution in [0.25, 0.3) is 0 Å². The molecule has 0 saturated carbocycles. The highest BCUT2D eigenvalue weighted by Gasteiger charge is 2.24. The predicted molar refractivity (Wildman–Crippen MR) is 95.1 cm³/mol. The third kappa shape index (κ3) is 5.63. The Kier molecular flexibility index (Phi) is 6.59. The van der Waals surface area contributed by atoms with Crippen LogP contribution in [0, 0.1) is 10.1 Å². The Hall–Kier alpha value is -3.75. The number of para-hydroxylation sites is 1. The Bertz CT molecular complexity index is 853. The zero-order chi connectivity index (χ0) is 19.8. The van der Waals surface area contributed by atoms with Gasteiger partial charge in [0.05, 0.1) is 11.5 Å². The van der Waals surface area contributed by atoms with Gasteiger partial charge < -0.3 is 15.7 Å². The quantitative estimate of drug-likeness (QED) is 0.470. The molecule has 0 fully saturated rings. The number of rotatable bonds is 8. The summed E-state index contributed by atoms with van der Waals surface area (Å²) in [4.78, 5) is 45.7. The fourth-order valence-electron chi connectivity index (χ4n) is 2.38. The van der Waals surface area contributed by atoms with Crippen LogP contribution in [0.3, 0.4) is 0 Å². The summed E-state index contributed by atoms with van der Waals surface area (Å²) in [6.45, 7) is -0.422. The Morgan fingerprint density at radius 3 is 2.30 bits per heavy atom. The molecule has 140 valence electrons. The van der Waals surface area contributed by atoms with Gasteiger partial charge in [0.25, 0.3) is 11.6 Å². The van der Waals surface area contributed by atoms with E-state index in [9.17, 15) is 29.6 Å². The lowest BCUT2D eigenvalue weighted by atomic mass is 10.0. The minimum atomic E-state index is -1.37. The fraction of sp³-hybridized carbons (Fsp3) is 0.167. The van der Waals surface area contributed by atoms with Crippen molar-refractivity contribution in [2.24, 2.45) is 0 Å². The molecule has 0 unspecified atom stereocenters. The van der Waals surface area contributed by atoms with E-state index in [2.05, 4.69) is 10.6 Å². The highest BCUT2D eigenvalue weighted by molar-refractivity contribution is 5.96. The maximum absolute atomic E-state index is 12.0. The first-order valence-corrected chi connectivity index (χ1v) is 7.96. The van der Waals surface area contributed by atoms with E-state index in [1.54, 1.807) is 36.4 Å². The summed E-state index contributed by atoms with van der Waals surface area (Å²) in [7, 11) is 0. The average Bonchev–Trinajstić information content (AvgIpc) is 2.66. The van der Waals surface area contributed by atoms with E-state index in [1.807, 2.05) is 0 Å². The van der Waals surface area contributed by atoms with Crippen molar-refractivity contribution in [1.82, 2.24) is 10.6 Å². The van der Waals surface area contributed by atoms with Crippen LogP contribution in [0.2, 0.25) is 0 Å². The fourth-order valence-corrected chi connectivity index (χ4v) is 2.38. The van der Waals surface area contributed by atoms with E-state index in [-0.39, 0.29) is 17.7 Å². The number of carbonyl (C=O) groups excluding carboxylic acids is 2. The highest BCUT2D eigenvalue weighted by Crippen LogP contribution is 2.19. The van der Waals surface area contributed by atoms with Crippen LogP contribution in [-0.4, -0.2) is 40.4 Å². The summed E-state index contributed by atoms with van der Waals surface area (Å²) in [5.74, 6) is -2.53. The molecule has 2 aromatic rings. The zero-order valence-electron chi connectivity index (χ0n) is 14.1. The Morgan fingerprint density at radius 2 is 1.67 bits per heavy atom. The molecular weight excluding hydrogens is 354 g/mol. The van der Waals surface area contributed by atoms with Gasteiger partial charge in [0.15, 0.2) is 0 Å². The summed E-state index contributed by atoms with van der Waals surface area (Å²) in [5.41, 5.74) is 0.318. The molecule has 2 amide bonds. The number of carbonyl (C=O) groups is 3. The first-order chi connectivity index (χ1) is 12.9. The molecular formula is C18H17N3O6. The second-order valence-corrected chi connectivity index (χ2v) is 5.60. The lowest BCUT2D eigenvalue weighted by Crippen LogP contribution is -2.46. The van der Waals surface area contributed by atoms with E-state index in [4.69, 9.17) is 0 Å². The Morgan fingerprint density at radius 1 is 1.04 bits per heavy atom. The number of benzene rings is 2. The number of carboxylic acid groups (broad SMARTS) is 1. The van der Waals surface area contributed by atoms with E-state index in [0.717, 1.165) is 0 Å². The van der Waals surface area contributed by atoms with Crippen molar-refractivity contribution in [3.8, 4) is 0 Å². The third-order valence-corrected chi connectivity index (χ3v) is 3.69. The van der Waals surface area contributed by atoms with Gasteiger partial charge in [-0.15, -0.1) is 0 Å². The molecule has 3 N–H and O–H groups in total. The van der Waals surface area contributed by atoms with Crippen LogP contribution in [0.1, 0.15) is 15.9 Å². The van der Waals surface area contributed by atoms with Crippen LogP contribution in [-0.2, 0) is 16.0 Å². The number of amides is 2. The van der Waals surface area contributed by atoms with Gasteiger partial charge in [0, 0.05) is 23.6 Å². The van der Waals surface area contributed by atoms with E-state index >= 15 is 0 Å². The molecule has 0 spiro atoms. The molecule has 0 bridgehead atoms. The monoisotopic (exact) mass is 371 g/mol. The van der Waals surface area contributed by atoms with Gasteiger partial charge in [-0.3, -0.25) is 19.7 Å². The van der Waals surface area contributed by atoms with E-state index in [1.165, 1.54) is 18.2 Å². The first-order valence-electron chi connectivity index (χ1n) is 7.96. The Balaban J connectivity index is 1.98. The van der Waals surface area contributed by atoms with Gasteiger partial charge in [-0.05, 0) is 12.1 Å². The maximum atomic E-state index is 12.0. The number of nitrogens with one attached hydrogen (secondary N) is 2. The number of aliphatic carboxylic acids is 1. The molecule has 0 saturated heterocycles. The van der Waals surface area contributed by atoms with Crippen LogP contribution >= 0.6 is 0 Å². The average molecular weight is 371 g/mol. The van der Waals surface area contributed by atoms with Crippen molar-refractivity contribution in [1.29, 1.82) is 0 Å². The second-order valence-electron chi connectivity index (χ2n) is 5.60. The molecule has 0 aliphatic carbocycles. The molecule has 0 radical (unpaired) electrons. The first kappa shape index (κ1) is 19.6. The van der Waals surface area contributed by atoms with Crippen molar-refractivity contribution in [3.05, 3.63) is 75.8 Å². The van der Waals surface area contributed by atoms with Gasteiger partial charge in [0.1, 0.15) is 6.04 Å². The molecule has 0 aromatic heterocycles. The number of hydrogen-bond donors (Lipinski definition) is 3. The topological polar surface area (TPSA) is 139 Å². The summed E-state index contributed by atoms with van der Waals surface area (Å²) >= 11 is 0. The molecule has 1 atom stereocenters. The van der Waals surface area contributed by atoms with Gasteiger partial charge in [0.2, 0.25) is 5.91 Å². The van der Waals surface area contributed by atoms with Crippen molar-refractivity contribution < 1.29 is 24.4 Å². The highest BCUT2D eigenvalue weighted by atomic mass is 16.6. The predicted octanol–water partition coefficient (Wildman–Crippen LogP) is 1.14. The van der Waals surface area contributed by atoms with Crippen molar-refractivity contribution in [2.45, 2.75) is 12.5 Å². The van der Waals surface area contributed by atoms with Gasteiger partial charge >= 0.3 is 5.97 Å². The standard InChI is InChI=1S/C18H17N3O6/c22-16(11-19-17(23)12-6-2-1-3-7-12)20-14(18(24)25)10-13-8-4-5-9-15(13)21(26)27/h1-9,14H,10-11H2,(H,19,23)(H,20,22)(H,24,25)/t14-/m1/s1. The molecule has 0 aliphatic rings. The minimum absolute atomic E-state index is 0.184. The van der Waals surface area contributed by atoms with Crippen molar-refractivity contribution in [3.63, 3.8) is 0 Å². The zero-order valence-corrected chi connectivity index (χ0v) is 14.1. The SMILES string of the molecule is O=C(CNC(=O)c1ccccc1)N[C@H](Cc1ccccc1[N+](=O)[O-])C(=O)O. The van der Waals surface area contributed by atoms with Crippen molar-refractivity contribution >= 4 is 23.5 Å². The summed E-state index contributed by atoms with van der Waals surface area (Å²) in [6, 6.07) is 12.6. The maximum Gasteiger partial charge on any atom is 0.326 e. The number of nitro benzene ring substituents is 1.